The largest absolute Gasteiger partial charge is 0.468 e. The molecule has 6 nitrogen and oxygen atoms in total. The highest BCUT2D eigenvalue weighted by Crippen LogP contribution is 2.46. The lowest BCUT2D eigenvalue weighted by Crippen LogP contribution is -2.43. The van der Waals surface area contributed by atoms with Crippen LogP contribution in [0, 0.1) is 11.8 Å². The topological polar surface area (TPSA) is 81.7 Å². The highest BCUT2D eigenvalue weighted by atomic mass is 32.1. The monoisotopic (exact) mass is 403 g/mol. The number of allylic oxidation sites excluding steroid dienone is 3. The van der Waals surface area contributed by atoms with Crippen LogP contribution in [0.5, 0.6) is 0 Å². The van der Waals surface area contributed by atoms with Gasteiger partial charge in [-0.3, -0.25) is 9.59 Å². The van der Waals surface area contributed by atoms with Crippen molar-refractivity contribution in [3.63, 3.8) is 0 Å². The van der Waals surface area contributed by atoms with Crippen LogP contribution in [0.2, 0.25) is 0 Å². The summed E-state index contributed by atoms with van der Waals surface area (Å²) < 4.78 is 10.3. The number of carbonyl (C=O) groups is 3. The van der Waals surface area contributed by atoms with Crippen molar-refractivity contribution in [2.75, 3.05) is 7.11 Å². The Bertz CT molecular complexity index is 865. The average Bonchev–Trinajstić information content (AvgIpc) is 3.13. The van der Waals surface area contributed by atoms with Crippen molar-refractivity contribution < 1.29 is 23.9 Å². The number of dihydropyridines is 1. The Morgan fingerprint density at radius 2 is 2.04 bits per heavy atom. The molecule has 0 aromatic carbocycles. The summed E-state index contributed by atoms with van der Waals surface area (Å²) in [5.41, 5.74) is 2.34. The molecule has 7 heteroatoms. The van der Waals surface area contributed by atoms with Gasteiger partial charge in [0.05, 0.1) is 24.7 Å². The fourth-order valence-corrected chi connectivity index (χ4v) is 4.81. The molecule has 3 atom stereocenters. The van der Waals surface area contributed by atoms with E-state index in [1.54, 1.807) is 13.8 Å². The molecule has 0 unspecified atom stereocenters. The maximum atomic E-state index is 13.4. The molecular weight excluding hydrogens is 378 g/mol. The van der Waals surface area contributed by atoms with E-state index in [2.05, 4.69) is 5.32 Å². The zero-order valence-corrected chi connectivity index (χ0v) is 17.5. The number of ether oxygens (including phenoxy) is 2. The first-order chi connectivity index (χ1) is 13.3. The van der Waals surface area contributed by atoms with E-state index >= 15 is 0 Å². The molecule has 0 bridgehead atoms. The number of hydrogen-bond acceptors (Lipinski definition) is 7. The summed E-state index contributed by atoms with van der Waals surface area (Å²) in [7, 11) is 1.29. The zero-order valence-electron chi connectivity index (χ0n) is 16.7. The van der Waals surface area contributed by atoms with Crippen LogP contribution in [0.1, 0.15) is 44.9 Å². The van der Waals surface area contributed by atoms with Gasteiger partial charge >= 0.3 is 11.9 Å². The fraction of sp³-hybridized carbons (Fsp3) is 0.476. The molecule has 0 fully saturated rings. The van der Waals surface area contributed by atoms with E-state index in [4.69, 9.17) is 9.47 Å². The molecule has 1 aromatic heterocycles. The SMILES string of the molecule is COC(=O)[C@H]1C(=O)C2=C(C[C@@H]1C)NC(C)=C(C(=O)OC(C)C)[C@@H]2c1cccs1. The van der Waals surface area contributed by atoms with Crippen molar-refractivity contribution in [3.8, 4) is 0 Å². The summed E-state index contributed by atoms with van der Waals surface area (Å²) in [6.45, 7) is 7.26. The minimum absolute atomic E-state index is 0.188. The van der Waals surface area contributed by atoms with Crippen molar-refractivity contribution >= 4 is 29.1 Å². The summed E-state index contributed by atoms with van der Waals surface area (Å²) in [4.78, 5) is 39.5. The Labute approximate surface area is 168 Å². The second-order valence-corrected chi connectivity index (χ2v) is 8.48. The van der Waals surface area contributed by atoms with Crippen LogP contribution in [-0.2, 0) is 23.9 Å². The minimum atomic E-state index is -0.867. The number of nitrogens with one attached hydrogen (secondary N) is 1. The maximum absolute atomic E-state index is 13.4. The molecule has 1 N–H and O–H groups in total. The van der Waals surface area contributed by atoms with E-state index in [0.29, 0.717) is 23.3 Å². The molecule has 0 spiro atoms. The van der Waals surface area contributed by atoms with Gasteiger partial charge in [0.15, 0.2) is 5.78 Å². The van der Waals surface area contributed by atoms with Crippen LogP contribution in [0.4, 0.5) is 0 Å². The summed E-state index contributed by atoms with van der Waals surface area (Å²) in [6.07, 6.45) is 0.254. The van der Waals surface area contributed by atoms with Gasteiger partial charge in [0, 0.05) is 21.8 Å². The van der Waals surface area contributed by atoms with Gasteiger partial charge in [-0.2, -0.15) is 0 Å². The molecule has 1 aromatic rings. The van der Waals surface area contributed by atoms with E-state index in [1.165, 1.54) is 18.4 Å². The van der Waals surface area contributed by atoms with Crippen molar-refractivity contribution in [1.29, 1.82) is 0 Å². The van der Waals surface area contributed by atoms with Crippen LogP contribution in [0.25, 0.3) is 0 Å². The highest BCUT2D eigenvalue weighted by molar-refractivity contribution is 7.10. The van der Waals surface area contributed by atoms with E-state index in [-0.39, 0.29) is 17.8 Å². The Hall–Kier alpha value is -2.41. The van der Waals surface area contributed by atoms with Crippen molar-refractivity contribution in [2.24, 2.45) is 11.8 Å². The van der Waals surface area contributed by atoms with Crippen molar-refractivity contribution in [2.45, 2.75) is 46.1 Å². The van der Waals surface area contributed by atoms with E-state index in [9.17, 15) is 14.4 Å². The van der Waals surface area contributed by atoms with Crippen LogP contribution in [0.3, 0.4) is 0 Å². The molecule has 0 saturated carbocycles. The predicted molar refractivity (Wildman–Crippen MR) is 105 cm³/mol. The Morgan fingerprint density at radius 1 is 1.32 bits per heavy atom. The molecule has 150 valence electrons. The predicted octanol–water partition coefficient (Wildman–Crippen LogP) is 3.31. The third-order valence-electron chi connectivity index (χ3n) is 5.13. The first-order valence-corrected chi connectivity index (χ1v) is 10.2. The van der Waals surface area contributed by atoms with E-state index in [1.807, 2.05) is 31.4 Å². The normalized spacial score (nSPS) is 24.8. The standard InChI is InChI=1S/C21H25NO5S/c1-10(2)27-21(25)16-12(4)22-13-9-11(3)15(20(24)26-5)19(23)17(13)18(16)14-7-6-8-28-14/h6-8,10-11,15,18,22H,9H2,1-5H3/t11-,15+,18-/m0/s1. The second-order valence-electron chi connectivity index (χ2n) is 7.50. The fourth-order valence-electron chi connectivity index (χ4n) is 3.97. The lowest BCUT2D eigenvalue weighted by molar-refractivity contribution is -0.151. The molecule has 3 rings (SSSR count). The summed E-state index contributed by atoms with van der Waals surface area (Å²) in [5.74, 6) is -2.87. The van der Waals surface area contributed by atoms with Crippen LogP contribution >= 0.6 is 11.3 Å². The Morgan fingerprint density at radius 3 is 2.61 bits per heavy atom. The third-order valence-corrected chi connectivity index (χ3v) is 6.07. The Balaban J connectivity index is 2.13. The maximum Gasteiger partial charge on any atom is 0.337 e. The average molecular weight is 404 g/mol. The first kappa shape index (κ1) is 20.3. The highest BCUT2D eigenvalue weighted by Gasteiger charge is 2.47. The molecule has 1 aliphatic carbocycles. The molecule has 0 saturated heterocycles. The number of thiophene rings is 1. The van der Waals surface area contributed by atoms with Gasteiger partial charge in [-0.05, 0) is 44.6 Å². The van der Waals surface area contributed by atoms with E-state index < -0.39 is 23.8 Å². The molecular formula is C21H25NO5S. The number of methoxy groups -OCH3 is 1. The van der Waals surface area contributed by atoms with Gasteiger partial charge in [-0.15, -0.1) is 11.3 Å². The van der Waals surface area contributed by atoms with Gasteiger partial charge in [-0.25, -0.2) is 4.79 Å². The van der Waals surface area contributed by atoms with Gasteiger partial charge < -0.3 is 14.8 Å². The van der Waals surface area contributed by atoms with Crippen LogP contribution in [0.15, 0.2) is 40.1 Å². The quantitative estimate of drug-likeness (QED) is 0.614. The smallest absolute Gasteiger partial charge is 0.337 e. The number of hydrogen-bond donors (Lipinski definition) is 1. The molecule has 2 heterocycles. The number of rotatable bonds is 4. The summed E-state index contributed by atoms with van der Waals surface area (Å²) >= 11 is 1.47. The van der Waals surface area contributed by atoms with Crippen LogP contribution in [-0.4, -0.2) is 30.9 Å². The number of Topliss-reactive ketones (excluding diaryl/α,β-unsaturated/α-hetero) is 1. The van der Waals surface area contributed by atoms with Gasteiger partial charge in [0.1, 0.15) is 5.92 Å². The van der Waals surface area contributed by atoms with Gasteiger partial charge in [0.2, 0.25) is 0 Å². The zero-order chi connectivity index (χ0) is 20.6. The lowest BCUT2D eigenvalue weighted by Gasteiger charge is -2.37. The van der Waals surface area contributed by atoms with E-state index in [0.717, 1.165) is 10.6 Å². The Kier molecular flexibility index (Phi) is 5.74. The summed E-state index contributed by atoms with van der Waals surface area (Å²) in [6, 6.07) is 3.79. The number of carbonyl (C=O) groups excluding carboxylic acids is 3. The second kappa shape index (κ2) is 7.91. The lowest BCUT2D eigenvalue weighted by atomic mass is 9.70. The van der Waals surface area contributed by atoms with Crippen LogP contribution < -0.4 is 5.32 Å². The van der Waals surface area contributed by atoms with Crippen molar-refractivity contribution in [3.05, 3.63) is 44.9 Å². The molecule has 0 radical (unpaired) electrons. The summed E-state index contributed by atoms with van der Waals surface area (Å²) in [5, 5.41) is 5.15. The van der Waals surface area contributed by atoms with Gasteiger partial charge in [0.25, 0.3) is 0 Å². The third kappa shape index (κ3) is 3.51. The molecule has 2 aliphatic rings. The minimum Gasteiger partial charge on any atom is -0.468 e. The van der Waals surface area contributed by atoms with Crippen molar-refractivity contribution in [1.82, 2.24) is 5.32 Å². The van der Waals surface area contributed by atoms with Gasteiger partial charge in [-0.1, -0.05) is 13.0 Å². The number of ketones is 1. The number of esters is 2. The first-order valence-electron chi connectivity index (χ1n) is 9.33. The molecule has 28 heavy (non-hydrogen) atoms. The molecule has 0 amide bonds. The molecule has 1 aliphatic heterocycles.